The van der Waals surface area contributed by atoms with Gasteiger partial charge in [-0.2, -0.15) is 5.26 Å². The highest BCUT2D eigenvalue weighted by Gasteiger charge is 2.05. The van der Waals surface area contributed by atoms with Crippen LogP contribution in [0.5, 0.6) is 0 Å². The van der Waals surface area contributed by atoms with E-state index in [2.05, 4.69) is 16.7 Å². The molecule has 2 N–H and O–H groups in total. The average molecular weight is 245 g/mol. The van der Waals surface area contributed by atoms with E-state index in [1.807, 2.05) is 38.1 Å². The number of aryl methyl sites for hydroxylation is 1. The molecular weight excluding hydrogens is 226 g/mol. The van der Waals surface area contributed by atoms with E-state index in [0.717, 1.165) is 12.0 Å². The number of hydrogen-bond acceptors (Lipinski definition) is 3. The van der Waals surface area contributed by atoms with E-state index >= 15 is 0 Å². The van der Waals surface area contributed by atoms with E-state index in [9.17, 15) is 4.79 Å². The zero-order valence-corrected chi connectivity index (χ0v) is 10.9. The highest BCUT2D eigenvalue weighted by atomic mass is 16.1. The summed E-state index contributed by atoms with van der Waals surface area (Å²) < 4.78 is 0. The second kappa shape index (κ2) is 7.46. The summed E-state index contributed by atoms with van der Waals surface area (Å²) >= 11 is 0. The minimum atomic E-state index is -0.138. The van der Waals surface area contributed by atoms with Crippen LogP contribution in [0, 0.1) is 18.3 Å². The van der Waals surface area contributed by atoms with E-state index in [1.165, 1.54) is 0 Å². The van der Waals surface area contributed by atoms with Crippen molar-refractivity contribution in [2.24, 2.45) is 0 Å². The van der Waals surface area contributed by atoms with Crippen molar-refractivity contribution in [2.75, 3.05) is 13.1 Å². The van der Waals surface area contributed by atoms with Gasteiger partial charge in [0.1, 0.15) is 0 Å². The molecule has 96 valence electrons. The fourth-order valence-corrected chi connectivity index (χ4v) is 1.51. The van der Waals surface area contributed by atoms with Gasteiger partial charge >= 0.3 is 0 Å². The Morgan fingerprint density at radius 2 is 2.00 bits per heavy atom. The third kappa shape index (κ3) is 4.56. The molecule has 0 radical (unpaired) electrons. The lowest BCUT2D eigenvalue weighted by Crippen LogP contribution is -2.36. The SMILES string of the molecule is CCC(C#N)NCCNC(=O)c1ccc(C)cc1. The number of amides is 1. The minimum Gasteiger partial charge on any atom is -0.351 e. The van der Waals surface area contributed by atoms with Gasteiger partial charge in [-0.3, -0.25) is 4.79 Å². The Morgan fingerprint density at radius 1 is 1.33 bits per heavy atom. The fraction of sp³-hybridized carbons (Fsp3) is 0.429. The molecule has 1 atom stereocenters. The summed E-state index contributed by atoms with van der Waals surface area (Å²) in [4.78, 5) is 11.7. The van der Waals surface area contributed by atoms with Crippen LogP contribution in [0.3, 0.4) is 0 Å². The highest BCUT2D eigenvalue weighted by Crippen LogP contribution is 2.02. The molecule has 0 heterocycles. The Labute approximate surface area is 108 Å². The van der Waals surface area contributed by atoms with Gasteiger partial charge < -0.3 is 10.6 Å². The number of nitrogens with zero attached hydrogens (tertiary/aromatic N) is 1. The molecule has 0 saturated heterocycles. The quantitative estimate of drug-likeness (QED) is 0.748. The average Bonchev–Trinajstić information content (AvgIpc) is 2.39. The van der Waals surface area contributed by atoms with Crippen LogP contribution in [0.15, 0.2) is 24.3 Å². The zero-order valence-electron chi connectivity index (χ0n) is 10.9. The summed E-state index contributed by atoms with van der Waals surface area (Å²) in [5, 5.41) is 14.6. The molecule has 0 aliphatic carbocycles. The van der Waals surface area contributed by atoms with E-state index in [-0.39, 0.29) is 11.9 Å². The standard InChI is InChI=1S/C14H19N3O/c1-3-13(10-15)16-8-9-17-14(18)12-6-4-11(2)5-7-12/h4-7,13,16H,3,8-9H2,1-2H3,(H,17,18). The molecule has 4 nitrogen and oxygen atoms in total. The van der Waals surface area contributed by atoms with Crippen LogP contribution in [0.4, 0.5) is 0 Å². The first kappa shape index (κ1) is 14.2. The molecule has 0 aliphatic rings. The monoisotopic (exact) mass is 245 g/mol. The molecule has 4 heteroatoms. The molecule has 1 amide bonds. The lowest BCUT2D eigenvalue weighted by molar-refractivity contribution is 0.0954. The molecule has 18 heavy (non-hydrogen) atoms. The zero-order chi connectivity index (χ0) is 13.4. The molecule has 0 fully saturated rings. The van der Waals surface area contributed by atoms with Crippen molar-refractivity contribution < 1.29 is 4.79 Å². The molecule has 1 unspecified atom stereocenters. The summed E-state index contributed by atoms with van der Waals surface area (Å²) in [6.07, 6.45) is 0.766. The molecule has 0 saturated carbocycles. The maximum absolute atomic E-state index is 11.7. The predicted octanol–water partition coefficient (Wildman–Crippen LogP) is 1.62. The van der Waals surface area contributed by atoms with Crippen molar-refractivity contribution >= 4 is 5.91 Å². The van der Waals surface area contributed by atoms with Gasteiger partial charge in [-0.05, 0) is 25.5 Å². The van der Waals surface area contributed by atoms with Crippen molar-refractivity contribution in [1.29, 1.82) is 5.26 Å². The van der Waals surface area contributed by atoms with Gasteiger partial charge in [0, 0.05) is 18.7 Å². The number of carbonyl (C=O) groups excluding carboxylic acids is 1. The van der Waals surface area contributed by atoms with Crippen molar-refractivity contribution in [1.82, 2.24) is 10.6 Å². The van der Waals surface area contributed by atoms with Gasteiger partial charge in [-0.25, -0.2) is 0 Å². The number of nitriles is 1. The predicted molar refractivity (Wildman–Crippen MR) is 71.2 cm³/mol. The number of benzene rings is 1. The summed E-state index contributed by atoms with van der Waals surface area (Å²) in [5.74, 6) is -0.0817. The maximum atomic E-state index is 11.7. The largest absolute Gasteiger partial charge is 0.351 e. The highest BCUT2D eigenvalue weighted by molar-refractivity contribution is 5.94. The van der Waals surface area contributed by atoms with Gasteiger partial charge in [0.15, 0.2) is 0 Å². The second-order valence-corrected chi connectivity index (χ2v) is 4.17. The molecule has 1 rings (SSSR count). The Bertz CT molecular complexity index is 420. The molecular formula is C14H19N3O. The molecule has 1 aromatic carbocycles. The summed E-state index contributed by atoms with van der Waals surface area (Å²) in [6, 6.07) is 9.46. The van der Waals surface area contributed by atoms with E-state index < -0.39 is 0 Å². The molecule has 0 aliphatic heterocycles. The van der Waals surface area contributed by atoms with Crippen LogP contribution in [0.2, 0.25) is 0 Å². The van der Waals surface area contributed by atoms with Gasteiger partial charge in [0.25, 0.3) is 5.91 Å². The minimum absolute atomic E-state index is 0.0817. The lowest BCUT2D eigenvalue weighted by atomic mass is 10.1. The first-order valence-electron chi connectivity index (χ1n) is 6.15. The maximum Gasteiger partial charge on any atom is 0.251 e. The van der Waals surface area contributed by atoms with Crippen LogP contribution < -0.4 is 10.6 Å². The van der Waals surface area contributed by atoms with Crippen molar-refractivity contribution in [2.45, 2.75) is 26.3 Å². The van der Waals surface area contributed by atoms with Crippen LogP contribution >= 0.6 is 0 Å². The van der Waals surface area contributed by atoms with Gasteiger partial charge in [-0.15, -0.1) is 0 Å². The van der Waals surface area contributed by atoms with Crippen LogP contribution in [0.1, 0.15) is 29.3 Å². The Balaban J connectivity index is 2.30. The van der Waals surface area contributed by atoms with Gasteiger partial charge in [-0.1, -0.05) is 24.6 Å². The van der Waals surface area contributed by atoms with E-state index in [0.29, 0.717) is 18.7 Å². The number of rotatable bonds is 6. The number of carbonyl (C=O) groups is 1. The molecule has 0 aromatic heterocycles. The lowest BCUT2D eigenvalue weighted by Gasteiger charge is -2.09. The molecule has 1 aromatic rings. The number of nitrogens with one attached hydrogen (secondary N) is 2. The Kier molecular flexibility index (Phi) is 5.89. The molecule has 0 spiro atoms. The second-order valence-electron chi connectivity index (χ2n) is 4.17. The summed E-state index contributed by atoms with van der Waals surface area (Å²) in [7, 11) is 0. The molecule has 0 bridgehead atoms. The Morgan fingerprint density at radius 3 is 2.56 bits per heavy atom. The van der Waals surface area contributed by atoms with Gasteiger partial charge in [0.2, 0.25) is 0 Å². The normalized spacial score (nSPS) is 11.6. The summed E-state index contributed by atoms with van der Waals surface area (Å²) in [5.41, 5.74) is 1.79. The number of hydrogen-bond donors (Lipinski definition) is 2. The van der Waals surface area contributed by atoms with Crippen LogP contribution in [0.25, 0.3) is 0 Å². The topological polar surface area (TPSA) is 64.9 Å². The van der Waals surface area contributed by atoms with Crippen molar-refractivity contribution in [3.05, 3.63) is 35.4 Å². The van der Waals surface area contributed by atoms with Gasteiger partial charge in [0.05, 0.1) is 12.1 Å². The van der Waals surface area contributed by atoms with Crippen molar-refractivity contribution in [3.8, 4) is 6.07 Å². The van der Waals surface area contributed by atoms with Crippen LogP contribution in [-0.2, 0) is 0 Å². The smallest absolute Gasteiger partial charge is 0.251 e. The van der Waals surface area contributed by atoms with E-state index in [1.54, 1.807) is 0 Å². The fourth-order valence-electron chi connectivity index (χ4n) is 1.51. The summed E-state index contributed by atoms with van der Waals surface area (Å²) in [6.45, 7) is 5.05. The third-order valence-corrected chi connectivity index (χ3v) is 2.68. The third-order valence-electron chi connectivity index (χ3n) is 2.68. The van der Waals surface area contributed by atoms with Crippen molar-refractivity contribution in [3.63, 3.8) is 0 Å². The Hall–Kier alpha value is -1.86. The first-order valence-corrected chi connectivity index (χ1v) is 6.15. The van der Waals surface area contributed by atoms with E-state index in [4.69, 9.17) is 5.26 Å². The van der Waals surface area contributed by atoms with Crippen LogP contribution in [-0.4, -0.2) is 25.0 Å². The first-order chi connectivity index (χ1) is 8.67.